The van der Waals surface area contributed by atoms with E-state index in [-0.39, 0.29) is 11.7 Å². The van der Waals surface area contributed by atoms with Crippen molar-refractivity contribution in [1.82, 2.24) is 19.4 Å². The van der Waals surface area contributed by atoms with Crippen LogP contribution in [0.3, 0.4) is 0 Å². The summed E-state index contributed by atoms with van der Waals surface area (Å²) in [7, 11) is 0. The van der Waals surface area contributed by atoms with Gasteiger partial charge in [0.2, 0.25) is 0 Å². The van der Waals surface area contributed by atoms with Crippen molar-refractivity contribution in [2.24, 2.45) is 4.99 Å². The Kier molecular flexibility index (Phi) is 7.91. The monoisotopic (exact) mass is 623 g/mol. The molecule has 1 N–H and O–H groups in total. The third kappa shape index (κ3) is 6.26. The van der Waals surface area contributed by atoms with Gasteiger partial charge in [0.05, 0.1) is 16.4 Å². The van der Waals surface area contributed by atoms with Crippen LogP contribution in [0.4, 0.5) is 26.4 Å². The van der Waals surface area contributed by atoms with Crippen molar-refractivity contribution in [3.8, 4) is 22.5 Å². The molecule has 0 radical (unpaired) electrons. The number of aromatic nitrogens is 3. The fraction of sp³-hybridized carbons (Fsp3) is 0.355. The molecule has 1 fully saturated rings. The van der Waals surface area contributed by atoms with E-state index >= 15 is 4.39 Å². The van der Waals surface area contributed by atoms with Gasteiger partial charge < -0.3 is 24.4 Å². The van der Waals surface area contributed by atoms with Crippen molar-refractivity contribution in [3.63, 3.8) is 0 Å². The predicted octanol–water partition coefficient (Wildman–Crippen LogP) is 6.60. The highest BCUT2D eigenvalue weighted by molar-refractivity contribution is 6.36. The molecular formula is C31H32Cl2FN7O2. The molecule has 4 heterocycles. The topological polar surface area (TPSA) is 87.9 Å². The molecule has 0 atom stereocenters. The maximum absolute atomic E-state index is 15.3. The summed E-state index contributed by atoms with van der Waals surface area (Å²) in [6.45, 7) is 9.01. The van der Waals surface area contributed by atoms with E-state index in [4.69, 9.17) is 32.9 Å². The molecular weight excluding hydrogens is 592 g/mol. The van der Waals surface area contributed by atoms with Crippen molar-refractivity contribution >= 4 is 46.5 Å². The number of nitrogens with zero attached hydrogens (tertiary/aromatic N) is 6. The van der Waals surface area contributed by atoms with Gasteiger partial charge in [0, 0.05) is 73.2 Å². The number of nitrogens with one attached hydrogen (secondary N) is 1. The largest absolute Gasteiger partial charge is 0.444 e. The lowest BCUT2D eigenvalue weighted by molar-refractivity contribution is 0.0240. The van der Waals surface area contributed by atoms with Gasteiger partial charge in [0.25, 0.3) is 5.62 Å². The zero-order valence-corrected chi connectivity index (χ0v) is 25.7. The number of ether oxygens (including phenoxy) is 1. The highest BCUT2D eigenvalue weighted by Gasteiger charge is 2.27. The van der Waals surface area contributed by atoms with Crippen LogP contribution in [0.5, 0.6) is 0 Å². The van der Waals surface area contributed by atoms with E-state index < -0.39 is 11.4 Å². The Hall–Kier alpha value is -3.89. The van der Waals surface area contributed by atoms with Gasteiger partial charge in [-0.15, -0.1) is 0 Å². The minimum absolute atomic E-state index is 0.239. The van der Waals surface area contributed by atoms with Gasteiger partial charge in [-0.3, -0.25) is 0 Å². The summed E-state index contributed by atoms with van der Waals surface area (Å²) >= 11 is 12.7. The number of hydrogen-bond acceptors (Lipinski definition) is 7. The number of hydrogen-bond donors (Lipinski definition) is 1. The Labute approximate surface area is 259 Å². The Morgan fingerprint density at radius 2 is 1.81 bits per heavy atom. The molecule has 0 saturated carbocycles. The van der Waals surface area contributed by atoms with Crippen molar-refractivity contribution in [2.75, 3.05) is 42.9 Å². The Balaban J connectivity index is 1.26. The van der Waals surface area contributed by atoms with Crippen molar-refractivity contribution in [1.29, 1.82) is 0 Å². The average Bonchev–Trinajstić information content (AvgIpc) is 2.96. The summed E-state index contributed by atoms with van der Waals surface area (Å²) in [5.41, 5.74) is 3.19. The first-order valence-electron chi connectivity index (χ1n) is 14.2. The molecule has 1 amide bonds. The van der Waals surface area contributed by atoms with Crippen molar-refractivity contribution in [2.45, 2.75) is 39.3 Å². The van der Waals surface area contributed by atoms with Crippen LogP contribution < -0.4 is 15.8 Å². The maximum atomic E-state index is 15.3. The SMILES string of the molecule is CC(C)(C)OC(=O)N1CCN(c2ccc(N=c3ncc4cc(-c5ccc(Cl)cc5Cl)c5n(c-4n3)CCCN5)cc2F)CC1. The van der Waals surface area contributed by atoms with E-state index in [1.165, 1.54) is 6.07 Å². The van der Waals surface area contributed by atoms with E-state index in [1.54, 1.807) is 29.3 Å². The first-order chi connectivity index (χ1) is 20.6. The number of benzene rings is 2. The lowest BCUT2D eigenvalue weighted by Gasteiger charge is -2.36. The van der Waals surface area contributed by atoms with Crippen LogP contribution in [0.1, 0.15) is 27.2 Å². The molecule has 0 unspecified atom stereocenters. The number of piperazine rings is 1. The second kappa shape index (κ2) is 11.7. The van der Waals surface area contributed by atoms with Gasteiger partial charge in [-0.2, -0.15) is 4.98 Å². The fourth-order valence-corrected chi connectivity index (χ4v) is 5.89. The average molecular weight is 625 g/mol. The molecule has 12 heteroatoms. The number of carbonyl (C=O) groups is 1. The number of halogens is 3. The molecule has 0 spiro atoms. The second-order valence-electron chi connectivity index (χ2n) is 11.6. The summed E-state index contributed by atoms with van der Waals surface area (Å²) in [5, 5.41) is 4.63. The van der Waals surface area contributed by atoms with Crippen LogP contribution in [0.15, 0.2) is 53.7 Å². The van der Waals surface area contributed by atoms with E-state index in [2.05, 4.69) is 19.9 Å². The van der Waals surface area contributed by atoms with Crippen LogP contribution in [0.25, 0.3) is 22.5 Å². The van der Waals surface area contributed by atoms with Crippen LogP contribution in [0, 0.1) is 5.82 Å². The quantitative estimate of drug-likeness (QED) is 0.277. The van der Waals surface area contributed by atoms with Gasteiger partial charge in [0.1, 0.15) is 23.1 Å². The summed E-state index contributed by atoms with van der Waals surface area (Å²) in [6.07, 6.45) is 2.31. The predicted molar refractivity (Wildman–Crippen MR) is 167 cm³/mol. The lowest BCUT2D eigenvalue weighted by atomic mass is 10.0. The molecule has 1 saturated heterocycles. The first kappa shape index (κ1) is 29.2. The highest BCUT2D eigenvalue weighted by Crippen LogP contribution is 2.40. The smallest absolute Gasteiger partial charge is 0.410 e. The van der Waals surface area contributed by atoms with Gasteiger partial charge in [-0.05, 0) is 57.5 Å². The van der Waals surface area contributed by atoms with Gasteiger partial charge in [-0.25, -0.2) is 19.2 Å². The van der Waals surface area contributed by atoms with Gasteiger partial charge in [-0.1, -0.05) is 29.3 Å². The van der Waals surface area contributed by atoms with Crippen molar-refractivity contribution in [3.05, 3.63) is 70.1 Å². The van der Waals surface area contributed by atoms with Crippen LogP contribution in [-0.4, -0.2) is 63.9 Å². The number of carbonyl (C=O) groups excluding carboxylic acids is 1. The number of rotatable bonds is 3. The third-order valence-electron chi connectivity index (χ3n) is 7.37. The number of amides is 1. The molecule has 4 aliphatic rings. The molecule has 0 bridgehead atoms. The van der Waals surface area contributed by atoms with E-state index in [0.717, 1.165) is 47.8 Å². The zero-order chi connectivity index (χ0) is 30.3. The normalized spacial score (nSPS) is 15.8. The Bertz CT molecular complexity index is 1730. The molecule has 2 aromatic rings. The maximum Gasteiger partial charge on any atom is 0.410 e. The van der Waals surface area contributed by atoms with E-state index in [1.807, 2.05) is 43.9 Å². The number of anilines is 2. The molecule has 43 heavy (non-hydrogen) atoms. The van der Waals surface area contributed by atoms with Gasteiger partial charge in [0.15, 0.2) is 0 Å². The summed E-state index contributed by atoms with van der Waals surface area (Å²) in [5.74, 6) is 1.24. The van der Waals surface area contributed by atoms with Crippen molar-refractivity contribution < 1.29 is 13.9 Å². The van der Waals surface area contributed by atoms with Crippen LogP contribution >= 0.6 is 23.2 Å². The molecule has 4 aliphatic heterocycles. The van der Waals surface area contributed by atoms with E-state index in [0.29, 0.717) is 47.6 Å². The zero-order valence-electron chi connectivity index (χ0n) is 24.2. The van der Waals surface area contributed by atoms with E-state index in [9.17, 15) is 4.79 Å². The highest BCUT2D eigenvalue weighted by atomic mass is 35.5. The third-order valence-corrected chi connectivity index (χ3v) is 7.92. The minimum atomic E-state index is -0.558. The fourth-order valence-electron chi connectivity index (χ4n) is 5.38. The lowest BCUT2D eigenvalue weighted by Crippen LogP contribution is -2.50. The number of pyridine rings is 1. The van der Waals surface area contributed by atoms with Crippen LogP contribution in [0.2, 0.25) is 10.0 Å². The molecule has 6 rings (SSSR count). The minimum Gasteiger partial charge on any atom is -0.444 e. The number of fused-ring (bicyclic) bond motifs is 3. The summed E-state index contributed by atoms with van der Waals surface area (Å²) in [6, 6.07) is 12.3. The van der Waals surface area contributed by atoms with Gasteiger partial charge >= 0.3 is 6.09 Å². The molecule has 9 nitrogen and oxygen atoms in total. The second-order valence-corrected chi connectivity index (χ2v) is 12.5. The molecule has 2 aromatic carbocycles. The molecule has 224 valence electrons. The first-order valence-corrected chi connectivity index (χ1v) is 15.0. The Morgan fingerprint density at radius 3 is 2.53 bits per heavy atom. The summed E-state index contributed by atoms with van der Waals surface area (Å²) < 4.78 is 22.9. The molecule has 0 aromatic heterocycles. The summed E-state index contributed by atoms with van der Waals surface area (Å²) in [4.78, 5) is 29.7. The molecule has 0 aliphatic carbocycles. The Morgan fingerprint density at radius 1 is 1.02 bits per heavy atom. The van der Waals surface area contributed by atoms with Crippen LogP contribution in [-0.2, 0) is 11.3 Å². The standard InChI is InChI=1S/C31H32Cl2FN7O2/c1-31(2,3)43-30(42)40-13-11-39(12-14-40)26-8-6-21(17-25(26)34)37-29-36-18-19-15-23(22-7-5-20(32)16-24(22)33)28-35-9-4-10-41(28)27(19)38-29/h5-8,15-18,35H,4,9-14H2,1-3H3.